The highest BCUT2D eigenvalue weighted by Crippen LogP contribution is 2.44. The molecule has 0 saturated carbocycles. The van der Waals surface area contributed by atoms with E-state index in [1.165, 1.54) is 32.7 Å². The zero-order valence-electron chi connectivity index (χ0n) is 19.3. The lowest BCUT2D eigenvalue weighted by Crippen LogP contribution is -2.34. The number of ether oxygens (including phenoxy) is 1. The van der Waals surface area contributed by atoms with E-state index in [-0.39, 0.29) is 35.8 Å². The first-order valence-electron chi connectivity index (χ1n) is 11.0. The highest BCUT2D eigenvalue weighted by Gasteiger charge is 2.35. The van der Waals surface area contributed by atoms with Gasteiger partial charge >= 0.3 is 5.97 Å². The van der Waals surface area contributed by atoms with E-state index in [1.807, 2.05) is 54.4 Å². The number of anilines is 2. The van der Waals surface area contributed by atoms with Crippen LogP contribution in [0.25, 0.3) is 10.6 Å². The molecule has 8 nitrogen and oxygen atoms in total. The topological polar surface area (TPSA) is 84.2 Å². The number of hydrogen-bond acceptors (Lipinski definition) is 8. The number of aromatic nitrogens is 1. The highest BCUT2D eigenvalue weighted by atomic mass is 32.2. The van der Waals surface area contributed by atoms with Crippen LogP contribution in [0.3, 0.4) is 0 Å². The molecular formula is C25H22N4O4S2. The number of carbonyl (C=O) groups excluding carboxylic acids is 2. The fourth-order valence-electron chi connectivity index (χ4n) is 3.99. The molecule has 0 unspecified atom stereocenters. The van der Waals surface area contributed by atoms with Gasteiger partial charge in [0.25, 0.3) is 11.5 Å². The molecule has 0 spiro atoms. The molecule has 178 valence electrons. The minimum absolute atomic E-state index is 0.170. The first-order valence-corrected chi connectivity index (χ1v) is 12.6. The number of esters is 1. The second-order valence-corrected chi connectivity index (χ2v) is 9.92. The summed E-state index contributed by atoms with van der Waals surface area (Å²) in [6.07, 6.45) is -0.170. The maximum absolute atomic E-state index is 13.6. The van der Waals surface area contributed by atoms with Gasteiger partial charge in [0.05, 0.1) is 35.7 Å². The van der Waals surface area contributed by atoms with Gasteiger partial charge in [-0.05, 0) is 31.2 Å². The van der Waals surface area contributed by atoms with Crippen molar-refractivity contribution >= 4 is 62.7 Å². The first-order chi connectivity index (χ1) is 16.9. The third-order valence-corrected chi connectivity index (χ3v) is 8.29. The van der Waals surface area contributed by atoms with Crippen LogP contribution < -0.4 is 24.7 Å². The molecule has 0 bridgehead atoms. The monoisotopic (exact) mass is 506 g/mol. The number of fused-ring (bicyclic) bond motifs is 1. The molecule has 3 heterocycles. The maximum atomic E-state index is 13.6. The number of carbonyl (C=O) groups is 2. The number of thiazole rings is 1. The Bertz CT molecular complexity index is 1560. The number of hydrazone groups is 1. The average Bonchev–Trinajstić information content (AvgIpc) is 3.46. The van der Waals surface area contributed by atoms with Gasteiger partial charge < -0.3 is 14.2 Å². The Morgan fingerprint density at radius 3 is 2.46 bits per heavy atom. The third kappa shape index (κ3) is 3.98. The summed E-state index contributed by atoms with van der Waals surface area (Å²) in [5.41, 5.74) is 1.91. The molecule has 0 atom stereocenters. The van der Waals surface area contributed by atoms with Gasteiger partial charge in [-0.2, -0.15) is 10.1 Å². The second-order valence-electron chi connectivity index (χ2n) is 7.89. The van der Waals surface area contributed by atoms with E-state index in [9.17, 15) is 14.4 Å². The summed E-state index contributed by atoms with van der Waals surface area (Å²) >= 11 is 2.76. The molecule has 2 aliphatic rings. The van der Waals surface area contributed by atoms with Crippen molar-refractivity contribution in [3.8, 4) is 0 Å². The van der Waals surface area contributed by atoms with E-state index in [1.54, 1.807) is 26.1 Å². The van der Waals surface area contributed by atoms with Crippen LogP contribution in [0.1, 0.15) is 13.3 Å². The van der Waals surface area contributed by atoms with E-state index in [0.717, 1.165) is 15.6 Å². The van der Waals surface area contributed by atoms with E-state index in [4.69, 9.17) is 4.74 Å². The van der Waals surface area contributed by atoms with Crippen molar-refractivity contribution in [1.29, 1.82) is 0 Å². The van der Waals surface area contributed by atoms with Crippen molar-refractivity contribution in [3.63, 3.8) is 0 Å². The highest BCUT2D eigenvalue weighted by molar-refractivity contribution is 8.08. The number of nitrogens with zero attached hydrogens (tertiary/aromatic N) is 4. The lowest BCUT2D eigenvalue weighted by atomic mass is 10.1. The smallest absolute Gasteiger partial charge is 0.311 e. The van der Waals surface area contributed by atoms with Gasteiger partial charge in [0.2, 0.25) is 0 Å². The minimum atomic E-state index is -0.482. The van der Waals surface area contributed by atoms with Crippen molar-refractivity contribution < 1.29 is 14.3 Å². The van der Waals surface area contributed by atoms with Crippen LogP contribution in [0.4, 0.5) is 11.4 Å². The SMILES string of the molecule is CCOC(=O)CC1=NN(c2ccccc2)C(=O)C1=c1sc(=C2Sc3ccccc3N2C)c(=O)n1C. The van der Waals surface area contributed by atoms with Crippen molar-refractivity contribution in [2.75, 3.05) is 23.6 Å². The summed E-state index contributed by atoms with van der Waals surface area (Å²) in [5, 5.41) is 6.55. The molecule has 0 aliphatic carbocycles. The Kier molecular flexibility index (Phi) is 6.08. The molecule has 0 fully saturated rings. The molecule has 1 aromatic heterocycles. The van der Waals surface area contributed by atoms with Crippen molar-refractivity contribution in [1.82, 2.24) is 4.57 Å². The number of amides is 1. The Labute approximate surface area is 209 Å². The molecule has 3 aromatic rings. The molecule has 1 amide bonds. The van der Waals surface area contributed by atoms with Crippen LogP contribution in [0.15, 0.2) is 69.4 Å². The molecular weight excluding hydrogens is 484 g/mol. The Balaban J connectivity index is 1.70. The number of rotatable bonds is 4. The van der Waals surface area contributed by atoms with Gasteiger partial charge in [-0.15, -0.1) is 11.3 Å². The fourth-order valence-corrected chi connectivity index (χ4v) is 6.48. The van der Waals surface area contributed by atoms with Gasteiger partial charge in [0.1, 0.15) is 14.2 Å². The molecule has 5 rings (SSSR count). The summed E-state index contributed by atoms with van der Waals surface area (Å²) in [4.78, 5) is 42.3. The summed E-state index contributed by atoms with van der Waals surface area (Å²) in [6, 6.07) is 16.9. The van der Waals surface area contributed by atoms with Crippen LogP contribution in [0.2, 0.25) is 0 Å². The van der Waals surface area contributed by atoms with E-state index in [2.05, 4.69) is 5.10 Å². The Hall–Kier alpha value is -3.63. The van der Waals surface area contributed by atoms with Crippen molar-refractivity contribution in [3.05, 3.63) is 74.1 Å². The van der Waals surface area contributed by atoms with Gasteiger partial charge in [0, 0.05) is 19.0 Å². The Morgan fingerprint density at radius 2 is 1.74 bits per heavy atom. The molecule has 2 aliphatic heterocycles. The largest absolute Gasteiger partial charge is 0.466 e. The van der Waals surface area contributed by atoms with E-state index < -0.39 is 5.97 Å². The van der Waals surface area contributed by atoms with Crippen LogP contribution >= 0.6 is 23.1 Å². The number of benzene rings is 2. The summed E-state index contributed by atoms with van der Waals surface area (Å²) in [7, 11) is 3.56. The zero-order valence-corrected chi connectivity index (χ0v) is 21.0. The fraction of sp³-hybridized carbons (Fsp3) is 0.200. The molecule has 0 saturated heterocycles. The van der Waals surface area contributed by atoms with Crippen LogP contribution in [0.5, 0.6) is 0 Å². The van der Waals surface area contributed by atoms with Crippen LogP contribution in [0, 0.1) is 0 Å². The van der Waals surface area contributed by atoms with Gasteiger partial charge in [-0.1, -0.05) is 42.1 Å². The van der Waals surface area contributed by atoms with Gasteiger partial charge in [0.15, 0.2) is 0 Å². The molecule has 10 heteroatoms. The standard InChI is InChI=1S/C25H22N4O4S2/c1-4-33-19(30)14-16-20(22(31)29(26-16)15-10-6-5-7-11-15)24-28(3)23(32)21(35-24)25-27(2)17-12-8-9-13-18(17)34-25/h5-13H,4,14H2,1-3H3. The second kappa shape index (κ2) is 9.20. The number of thioether (sulfide) groups is 1. The normalized spacial score (nSPS) is 18.1. The maximum Gasteiger partial charge on any atom is 0.311 e. The first kappa shape index (κ1) is 23.1. The van der Waals surface area contributed by atoms with E-state index in [0.29, 0.717) is 14.9 Å². The molecule has 2 aromatic carbocycles. The summed E-state index contributed by atoms with van der Waals surface area (Å²) in [5.74, 6) is -0.872. The third-order valence-electron chi connectivity index (χ3n) is 5.68. The zero-order chi connectivity index (χ0) is 24.7. The number of para-hydroxylation sites is 2. The lowest BCUT2D eigenvalue weighted by Gasteiger charge is -2.11. The summed E-state index contributed by atoms with van der Waals surface area (Å²) < 4.78 is 7.56. The predicted octanol–water partition coefficient (Wildman–Crippen LogP) is 2.26. The molecule has 35 heavy (non-hydrogen) atoms. The predicted molar refractivity (Wildman–Crippen MR) is 139 cm³/mol. The Morgan fingerprint density at radius 1 is 1.03 bits per heavy atom. The van der Waals surface area contributed by atoms with Crippen molar-refractivity contribution in [2.24, 2.45) is 12.1 Å². The number of hydrogen-bond donors (Lipinski definition) is 0. The van der Waals surface area contributed by atoms with Gasteiger partial charge in [-0.25, -0.2) is 0 Å². The average molecular weight is 507 g/mol. The molecule has 0 N–H and O–H groups in total. The minimum Gasteiger partial charge on any atom is -0.466 e. The van der Waals surface area contributed by atoms with Crippen LogP contribution in [-0.2, 0) is 21.4 Å². The van der Waals surface area contributed by atoms with Gasteiger partial charge in [-0.3, -0.25) is 14.4 Å². The summed E-state index contributed by atoms with van der Waals surface area (Å²) in [6.45, 7) is 1.95. The van der Waals surface area contributed by atoms with Crippen molar-refractivity contribution in [2.45, 2.75) is 18.2 Å². The van der Waals surface area contributed by atoms with Crippen LogP contribution in [-0.4, -0.2) is 35.8 Å². The lowest BCUT2D eigenvalue weighted by molar-refractivity contribution is -0.141. The van der Waals surface area contributed by atoms with E-state index >= 15 is 0 Å². The quantitative estimate of drug-likeness (QED) is 0.505. The molecule has 0 radical (unpaired) electrons.